The van der Waals surface area contributed by atoms with Crippen molar-refractivity contribution in [3.8, 4) is 0 Å². The molecule has 2 saturated carbocycles. The number of hydrogen-bond acceptors (Lipinski definition) is 2. The molecule has 0 spiro atoms. The zero-order valence-corrected chi connectivity index (χ0v) is 10.2. The lowest BCUT2D eigenvalue weighted by molar-refractivity contribution is -0.144. The van der Waals surface area contributed by atoms with Gasteiger partial charge in [-0.15, -0.1) is 0 Å². The van der Waals surface area contributed by atoms with Crippen molar-refractivity contribution >= 4 is 5.97 Å². The van der Waals surface area contributed by atoms with Crippen LogP contribution in [-0.4, -0.2) is 35.1 Å². The van der Waals surface area contributed by atoms with Crippen molar-refractivity contribution in [2.45, 2.75) is 63.5 Å². The summed E-state index contributed by atoms with van der Waals surface area (Å²) in [7, 11) is 2.02. The fourth-order valence-corrected chi connectivity index (χ4v) is 3.01. The average molecular weight is 225 g/mol. The van der Waals surface area contributed by atoms with Gasteiger partial charge in [0.25, 0.3) is 0 Å². The number of rotatable bonds is 4. The highest BCUT2D eigenvalue weighted by Gasteiger charge is 2.40. The van der Waals surface area contributed by atoms with Crippen LogP contribution in [0.2, 0.25) is 0 Å². The predicted molar refractivity (Wildman–Crippen MR) is 63.4 cm³/mol. The molecule has 3 nitrogen and oxygen atoms in total. The molecule has 1 atom stereocenters. The molecule has 92 valence electrons. The highest BCUT2D eigenvalue weighted by molar-refractivity contribution is 5.74. The van der Waals surface area contributed by atoms with Crippen LogP contribution in [0.15, 0.2) is 0 Å². The first kappa shape index (κ1) is 11.9. The summed E-state index contributed by atoms with van der Waals surface area (Å²) in [5.41, 5.74) is 0. The second-order valence-electron chi connectivity index (χ2n) is 5.43. The summed E-state index contributed by atoms with van der Waals surface area (Å²) < 4.78 is 0. The predicted octanol–water partition coefficient (Wildman–Crippen LogP) is 2.50. The molecule has 1 unspecified atom stereocenters. The maximum atomic E-state index is 11.3. The molecule has 0 saturated heterocycles. The highest BCUT2D eigenvalue weighted by Crippen LogP contribution is 2.37. The average Bonchev–Trinajstić information content (AvgIpc) is 3.03. The SMILES string of the molecule is CN(C1CCCCCC1)C(C(=O)O)C1CC1. The normalized spacial score (nSPS) is 25.4. The summed E-state index contributed by atoms with van der Waals surface area (Å²) in [6.07, 6.45) is 9.77. The van der Waals surface area contributed by atoms with Gasteiger partial charge in [-0.05, 0) is 38.6 Å². The van der Waals surface area contributed by atoms with E-state index >= 15 is 0 Å². The zero-order chi connectivity index (χ0) is 11.5. The molecule has 3 heteroatoms. The van der Waals surface area contributed by atoms with E-state index in [1.54, 1.807) is 0 Å². The van der Waals surface area contributed by atoms with E-state index in [2.05, 4.69) is 4.90 Å². The Morgan fingerprint density at radius 2 is 1.69 bits per heavy atom. The number of carboxylic acid groups (broad SMARTS) is 1. The monoisotopic (exact) mass is 225 g/mol. The molecule has 0 radical (unpaired) electrons. The van der Waals surface area contributed by atoms with Crippen LogP contribution in [0.25, 0.3) is 0 Å². The van der Waals surface area contributed by atoms with Gasteiger partial charge in [-0.2, -0.15) is 0 Å². The van der Waals surface area contributed by atoms with Crippen LogP contribution in [0.5, 0.6) is 0 Å². The minimum Gasteiger partial charge on any atom is -0.480 e. The van der Waals surface area contributed by atoms with Gasteiger partial charge >= 0.3 is 5.97 Å². The van der Waals surface area contributed by atoms with Gasteiger partial charge in [0.1, 0.15) is 6.04 Å². The minimum atomic E-state index is -0.616. The molecule has 0 aliphatic heterocycles. The maximum absolute atomic E-state index is 11.3. The first-order valence-corrected chi connectivity index (χ1v) is 6.65. The van der Waals surface area contributed by atoms with Gasteiger partial charge in [0.15, 0.2) is 0 Å². The first-order valence-electron chi connectivity index (χ1n) is 6.65. The molecule has 16 heavy (non-hydrogen) atoms. The van der Waals surface area contributed by atoms with Gasteiger partial charge in [0.05, 0.1) is 0 Å². The molecule has 2 fully saturated rings. The van der Waals surface area contributed by atoms with E-state index in [9.17, 15) is 9.90 Å². The quantitative estimate of drug-likeness (QED) is 0.747. The summed E-state index contributed by atoms with van der Waals surface area (Å²) in [5, 5.41) is 9.31. The number of likely N-dealkylation sites (N-methyl/N-ethyl adjacent to an activating group) is 1. The minimum absolute atomic E-state index is 0.219. The number of hydrogen-bond donors (Lipinski definition) is 1. The molecule has 0 aromatic heterocycles. The van der Waals surface area contributed by atoms with E-state index in [4.69, 9.17) is 0 Å². The van der Waals surface area contributed by atoms with Crippen LogP contribution < -0.4 is 0 Å². The standard InChI is InChI=1S/C13H23NO2/c1-14(11-6-4-2-3-5-7-11)12(13(15)16)10-8-9-10/h10-12H,2-9H2,1H3,(H,15,16). The molecule has 2 aliphatic rings. The molecule has 2 rings (SSSR count). The highest BCUT2D eigenvalue weighted by atomic mass is 16.4. The van der Waals surface area contributed by atoms with E-state index in [0.717, 1.165) is 12.8 Å². The third-order valence-electron chi connectivity index (χ3n) is 4.16. The van der Waals surface area contributed by atoms with Crippen LogP contribution >= 0.6 is 0 Å². The number of carboxylic acids is 1. The van der Waals surface area contributed by atoms with Crippen molar-refractivity contribution in [3.05, 3.63) is 0 Å². The lowest BCUT2D eigenvalue weighted by atomic mass is 10.0. The Morgan fingerprint density at radius 3 is 2.12 bits per heavy atom. The summed E-state index contributed by atoms with van der Waals surface area (Å²) in [4.78, 5) is 13.5. The van der Waals surface area contributed by atoms with Crippen molar-refractivity contribution < 1.29 is 9.90 Å². The molecule has 2 aliphatic carbocycles. The second-order valence-corrected chi connectivity index (χ2v) is 5.43. The van der Waals surface area contributed by atoms with Gasteiger partial charge in [-0.1, -0.05) is 25.7 Å². The molecule has 0 bridgehead atoms. The molecule has 0 amide bonds. The smallest absolute Gasteiger partial charge is 0.321 e. The summed E-state index contributed by atoms with van der Waals surface area (Å²) in [5.74, 6) is -0.194. The maximum Gasteiger partial charge on any atom is 0.321 e. The molecule has 1 N–H and O–H groups in total. The summed E-state index contributed by atoms with van der Waals surface area (Å²) in [6, 6.07) is 0.285. The molecule has 0 heterocycles. The van der Waals surface area contributed by atoms with E-state index in [1.807, 2.05) is 7.05 Å². The number of aliphatic carboxylic acids is 1. The fraction of sp³-hybridized carbons (Fsp3) is 0.923. The first-order chi connectivity index (χ1) is 7.70. The van der Waals surface area contributed by atoms with Gasteiger partial charge in [-0.25, -0.2) is 0 Å². The third kappa shape index (κ3) is 2.76. The second kappa shape index (κ2) is 5.17. The molecule has 0 aromatic carbocycles. The summed E-state index contributed by atoms with van der Waals surface area (Å²) in [6.45, 7) is 0. The fourth-order valence-electron chi connectivity index (χ4n) is 3.01. The zero-order valence-electron chi connectivity index (χ0n) is 10.2. The Morgan fingerprint density at radius 1 is 1.12 bits per heavy atom. The van der Waals surface area contributed by atoms with E-state index < -0.39 is 5.97 Å². The van der Waals surface area contributed by atoms with Crippen LogP contribution in [0.4, 0.5) is 0 Å². The van der Waals surface area contributed by atoms with Gasteiger partial charge in [0.2, 0.25) is 0 Å². The molecular weight excluding hydrogens is 202 g/mol. The molecule has 0 aromatic rings. The molecular formula is C13H23NO2. The lowest BCUT2D eigenvalue weighted by Gasteiger charge is -2.32. The summed E-state index contributed by atoms with van der Waals surface area (Å²) >= 11 is 0. The Kier molecular flexibility index (Phi) is 3.85. The van der Waals surface area contributed by atoms with Gasteiger partial charge in [-0.3, -0.25) is 9.69 Å². The number of carbonyl (C=O) groups is 1. The van der Waals surface area contributed by atoms with Crippen molar-refractivity contribution in [2.24, 2.45) is 5.92 Å². The van der Waals surface area contributed by atoms with Crippen LogP contribution in [0.3, 0.4) is 0 Å². The third-order valence-corrected chi connectivity index (χ3v) is 4.16. The largest absolute Gasteiger partial charge is 0.480 e. The van der Waals surface area contributed by atoms with Crippen LogP contribution in [0, 0.1) is 5.92 Å². The van der Waals surface area contributed by atoms with E-state index in [0.29, 0.717) is 12.0 Å². The van der Waals surface area contributed by atoms with Crippen LogP contribution in [0.1, 0.15) is 51.4 Å². The van der Waals surface area contributed by atoms with Crippen LogP contribution in [-0.2, 0) is 4.79 Å². The van der Waals surface area contributed by atoms with Gasteiger partial charge in [0, 0.05) is 6.04 Å². The van der Waals surface area contributed by atoms with Crippen molar-refractivity contribution in [3.63, 3.8) is 0 Å². The Hall–Kier alpha value is -0.570. The number of nitrogens with zero attached hydrogens (tertiary/aromatic N) is 1. The lowest BCUT2D eigenvalue weighted by Crippen LogP contribution is -2.46. The Balaban J connectivity index is 1.96. The van der Waals surface area contributed by atoms with E-state index in [-0.39, 0.29) is 6.04 Å². The van der Waals surface area contributed by atoms with Crippen molar-refractivity contribution in [1.29, 1.82) is 0 Å². The van der Waals surface area contributed by atoms with Gasteiger partial charge < -0.3 is 5.11 Å². The Labute approximate surface area is 97.8 Å². The topological polar surface area (TPSA) is 40.5 Å². The van der Waals surface area contributed by atoms with Crippen molar-refractivity contribution in [1.82, 2.24) is 4.90 Å². The Bertz CT molecular complexity index is 242. The van der Waals surface area contributed by atoms with E-state index in [1.165, 1.54) is 38.5 Å². The van der Waals surface area contributed by atoms with Crippen molar-refractivity contribution in [2.75, 3.05) is 7.05 Å².